The van der Waals surface area contributed by atoms with Crippen LogP contribution in [0.5, 0.6) is 5.75 Å². The molecule has 2 N–H and O–H groups in total. The molecule has 3 aromatic rings. The van der Waals surface area contributed by atoms with Crippen LogP contribution in [-0.2, 0) is 4.79 Å². The van der Waals surface area contributed by atoms with Crippen molar-refractivity contribution in [2.75, 3.05) is 5.32 Å². The lowest BCUT2D eigenvalue weighted by Crippen LogP contribution is -1.96. The molecule has 1 aliphatic carbocycles. The molecule has 1 aliphatic rings. The third kappa shape index (κ3) is 4.24. The van der Waals surface area contributed by atoms with Crippen LogP contribution in [0.4, 0.5) is 5.82 Å². The minimum absolute atomic E-state index is 0.0541. The van der Waals surface area contributed by atoms with Crippen molar-refractivity contribution in [3.8, 4) is 22.9 Å². The number of aromatic hydroxyl groups is 1. The number of pyridine rings is 1. The first kappa shape index (κ1) is 17.2. The molecule has 7 heteroatoms. The lowest BCUT2D eigenvalue weighted by molar-refractivity contribution is -0.105. The Labute approximate surface area is 150 Å². The first-order chi connectivity index (χ1) is 12.7. The second kappa shape index (κ2) is 7.94. The largest absolute Gasteiger partial charge is 0.507 e. The Morgan fingerprint density at radius 3 is 2.73 bits per heavy atom. The summed E-state index contributed by atoms with van der Waals surface area (Å²) in [7, 11) is 0. The summed E-state index contributed by atoms with van der Waals surface area (Å²) in [6.07, 6.45) is 7.97. The number of rotatable bonds is 4. The van der Waals surface area contributed by atoms with E-state index in [-0.39, 0.29) is 11.3 Å². The summed E-state index contributed by atoms with van der Waals surface area (Å²) in [5, 5.41) is 20.7. The molecule has 1 amide bonds. The number of benzene rings is 1. The number of oxazole rings is 1. The zero-order valence-electron chi connectivity index (χ0n) is 13.8. The quantitative estimate of drug-likeness (QED) is 0.698. The van der Waals surface area contributed by atoms with Gasteiger partial charge in [0.05, 0.1) is 11.8 Å². The number of amides is 1. The van der Waals surface area contributed by atoms with E-state index in [1.54, 1.807) is 36.7 Å². The molecule has 0 atom stereocenters. The fraction of sp³-hybridized carbons (Fsp3) is 0.158. The van der Waals surface area contributed by atoms with E-state index in [0.717, 1.165) is 16.9 Å². The number of anilines is 1. The molecule has 7 nitrogen and oxygen atoms in total. The molecule has 0 radical (unpaired) electrons. The van der Waals surface area contributed by atoms with E-state index >= 15 is 0 Å². The molecular weight excluding hydrogens is 332 g/mol. The van der Waals surface area contributed by atoms with Gasteiger partial charge in [-0.2, -0.15) is 5.26 Å². The van der Waals surface area contributed by atoms with E-state index in [2.05, 4.69) is 15.3 Å². The van der Waals surface area contributed by atoms with E-state index in [4.69, 9.17) is 9.68 Å². The molecule has 2 aromatic heterocycles. The van der Waals surface area contributed by atoms with E-state index in [0.29, 0.717) is 18.1 Å². The molecule has 26 heavy (non-hydrogen) atoms. The van der Waals surface area contributed by atoms with Crippen LogP contribution in [0.1, 0.15) is 30.1 Å². The van der Waals surface area contributed by atoms with Gasteiger partial charge in [0.15, 0.2) is 6.39 Å². The molecular formula is C19H16N4O3. The molecule has 1 aromatic carbocycles. The topological polar surface area (TPSA) is 112 Å². The maximum Gasteiger partial charge on any atom is 0.212 e. The summed E-state index contributed by atoms with van der Waals surface area (Å²) in [4.78, 5) is 18.1. The third-order valence-electron chi connectivity index (χ3n) is 3.85. The molecule has 0 bridgehead atoms. The molecule has 2 heterocycles. The van der Waals surface area contributed by atoms with Gasteiger partial charge in [-0.1, -0.05) is 6.07 Å². The zero-order valence-corrected chi connectivity index (χ0v) is 13.8. The first-order valence-corrected chi connectivity index (χ1v) is 7.99. The van der Waals surface area contributed by atoms with Gasteiger partial charge in [0.25, 0.3) is 0 Å². The lowest BCUT2D eigenvalue weighted by atomic mass is 10.0. The third-order valence-corrected chi connectivity index (χ3v) is 3.85. The second-order valence-corrected chi connectivity index (χ2v) is 5.71. The van der Waals surface area contributed by atoms with Crippen molar-refractivity contribution in [1.82, 2.24) is 9.97 Å². The molecule has 4 rings (SSSR count). The number of carbonyl (C=O) groups excluding carboxylic acids is 1. The number of aromatic nitrogens is 2. The summed E-state index contributed by atoms with van der Waals surface area (Å²) in [5.41, 5.74) is 1.76. The predicted molar refractivity (Wildman–Crippen MR) is 94.2 cm³/mol. The van der Waals surface area contributed by atoms with Gasteiger partial charge in [-0.25, -0.2) is 9.97 Å². The van der Waals surface area contributed by atoms with Crippen LogP contribution in [-0.4, -0.2) is 21.5 Å². The van der Waals surface area contributed by atoms with Gasteiger partial charge in [-0.15, -0.1) is 0 Å². The van der Waals surface area contributed by atoms with Gasteiger partial charge >= 0.3 is 0 Å². The highest BCUT2D eigenvalue weighted by Gasteiger charge is 2.26. The number of nitrogens with one attached hydrogen (secondary N) is 1. The smallest absolute Gasteiger partial charge is 0.212 e. The van der Waals surface area contributed by atoms with Gasteiger partial charge in [0, 0.05) is 12.1 Å². The average molecular weight is 348 g/mol. The van der Waals surface area contributed by atoms with Gasteiger partial charge in [-0.3, -0.25) is 4.79 Å². The van der Waals surface area contributed by atoms with Gasteiger partial charge in [0.1, 0.15) is 23.4 Å². The number of hydrogen-bond donors (Lipinski definition) is 2. The lowest BCUT2D eigenvalue weighted by Gasteiger charge is -2.05. The maximum absolute atomic E-state index is 10.3. The summed E-state index contributed by atoms with van der Waals surface area (Å²) in [6, 6.07) is 10.1. The van der Waals surface area contributed by atoms with Crippen molar-refractivity contribution >= 4 is 12.2 Å². The summed E-state index contributed by atoms with van der Waals surface area (Å²) < 4.78 is 5.05. The van der Waals surface area contributed by atoms with Crippen LogP contribution in [0.3, 0.4) is 0 Å². The van der Waals surface area contributed by atoms with Crippen LogP contribution in [0.15, 0.2) is 53.5 Å². The molecule has 0 aliphatic heterocycles. The maximum atomic E-state index is 10.3. The van der Waals surface area contributed by atoms with Crippen LogP contribution in [0.25, 0.3) is 11.1 Å². The summed E-state index contributed by atoms with van der Waals surface area (Å²) >= 11 is 0. The number of nitrogens with zero attached hydrogens (tertiary/aromatic N) is 3. The van der Waals surface area contributed by atoms with Crippen molar-refractivity contribution in [2.24, 2.45) is 0 Å². The monoisotopic (exact) mass is 348 g/mol. The second-order valence-electron chi connectivity index (χ2n) is 5.71. The Morgan fingerprint density at radius 1 is 1.27 bits per heavy atom. The van der Waals surface area contributed by atoms with Crippen molar-refractivity contribution in [3.63, 3.8) is 0 Å². The number of carbonyl (C=O) groups is 1. The molecule has 0 spiro atoms. The fourth-order valence-corrected chi connectivity index (χ4v) is 2.35. The zero-order chi connectivity index (χ0) is 18.4. The molecule has 1 saturated carbocycles. The minimum atomic E-state index is -0.0541. The van der Waals surface area contributed by atoms with Crippen molar-refractivity contribution in [1.29, 1.82) is 5.26 Å². The first-order valence-electron chi connectivity index (χ1n) is 7.99. The number of phenolic OH excluding ortho intramolecular Hbond substituents is 1. The molecule has 130 valence electrons. The van der Waals surface area contributed by atoms with E-state index in [1.165, 1.54) is 25.3 Å². The van der Waals surface area contributed by atoms with E-state index in [9.17, 15) is 9.90 Å². The van der Waals surface area contributed by atoms with Gasteiger partial charge < -0.3 is 14.8 Å². The summed E-state index contributed by atoms with van der Waals surface area (Å²) in [5.74, 6) is 2.14. The highest BCUT2D eigenvalue weighted by atomic mass is 16.3. The fourth-order valence-electron chi connectivity index (χ4n) is 2.35. The Balaban J connectivity index is 0.000000201. The van der Waals surface area contributed by atoms with Crippen LogP contribution < -0.4 is 5.32 Å². The minimum Gasteiger partial charge on any atom is -0.507 e. The van der Waals surface area contributed by atoms with Crippen molar-refractivity contribution < 1.29 is 14.3 Å². The Bertz CT molecular complexity index is 928. The highest BCUT2D eigenvalue weighted by molar-refractivity contribution is 5.74. The highest BCUT2D eigenvalue weighted by Crippen LogP contribution is 2.39. The Morgan fingerprint density at radius 2 is 2.08 bits per heavy atom. The predicted octanol–water partition coefficient (Wildman–Crippen LogP) is 3.45. The van der Waals surface area contributed by atoms with Gasteiger partial charge in [0.2, 0.25) is 6.41 Å². The van der Waals surface area contributed by atoms with Crippen molar-refractivity contribution in [3.05, 3.63) is 60.4 Å². The van der Waals surface area contributed by atoms with Gasteiger partial charge in [-0.05, 0) is 48.2 Å². The SMILES string of the molecule is N#Cc1cc(-c2ccnc(NC=O)c2)ccc1O.c1ncc(C2CC2)o1. The Hall–Kier alpha value is -3.66. The molecule has 0 unspecified atom stereocenters. The number of nitriles is 1. The normalized spacial score (nSPS) is 12.4. The van der Waals surface area contributed by atoms with Crippen LogP contribution in [0.2, 0.25) is 0 Å². The van der Waals surface area contributed by atoms with E-state index in [1.807, 2.05) is 6.07 Å². The average Bonchev–Trinajstić information content (AvgIpc) is 3.37. The Kier molecular flexibility index (Phi) is 5.25. The molecule has 1 fully saturated rings. The van der Waals surface area contributed by atoms with E-state index < -0.39 is 0 Å². The number of phenols is 1. The molecule has 0 saturated heterocycles. The van der Waals surface area contributed by atoms with Crippen molar-refractivity contribution in [2.45, 2.75) is 18.8 Å². The van der Waals surface area contributed by atoms with Crippen LogP contribution >= 0.6 is 0 Å². The standard InChI is InChI=1S/C13H9N3O2.C6H7NO/c14-7-11-5-9(1-2-12(11)18)10-3-4-15-13(6-10)16-8-17;1-2-5(1)6-3-7-4-8-6/h1-6,8,18H,(H,15,16,17);3-5H,1-2H2. The van der Waals surface area contributed by atoms with Crippen LogP contribution in [0, 0.1) is 11.3 Å². The summed E-state index contributed by atoms with van der Waals surface area (Å²) in [6.45, 7) is 0. The number of hydrogen-bond acceptors (Lipinski definition) is 6.